The number of hydrogen-bond donors (Lipinski definition) is 6. The number of aryl methyl sites for hydroxylation is 1. The first-order valence-corrected chi connectivity index (χ1v) is 21.1. The third kappa shape index (κ3) is 9.08. The van der Waals surface area contributed by atoms with E-state index < -0.39 is 48.0 Å². The SMILES string of the molecule is CCCCC[C@H](C(=O)CCc1ccc2c(c1)O[C@@H]1[C@@H](C#C[C@H](O)c3ccc(C(N)N)cc3CC3=CN=C4C[NH+]1C=C34)C1(C#CO2)CCCC1)[C@H](O)C[C@H](O)CCC. The molecular weight excluding hydrogens is 717 g/mol. The van der Waals surface area contributed by atoms with Crippen LogP contribution in [0, 0.1) is 41.1 Å². The Bertz CT molecular complexity index is 2030. The molecule has 7 rings (SSSR count). The van der Waals surface area contributed by atoms with Crippen LogP contribution in [0.1, 0.15) is 125 Å². The summed E-state index contributed by atoms with van der Waals surface area (Å²) < 4.78 is 13.3. The Morgan fingerprint density at radius 1 is 1.04 bits per heavy atom. The number of carbonyl (C=O) groups excluding carboxylic acids is 1. The molecule has 302 valence electrons. The van der Waals surface area contributed by atoms with Gasteiger partial charge in [-0.3, -0.25) is 14.7 Å². The van der Waals surface area contributed by atoms with Gasteiger partial charge in [0.15, 0.2) is 11.5 Å². The van der Waals surface area contributed by atoms with E-state index >= 15 is 0 Å². The Morgan fingerprint density at radius 2 is 1.86 bits per heavy atom. The maximum Gasteiger partial charge on any atom is 0.252 e. The number of fused-ring (bicyclic) bond motifs is 6. The first kappa shape index (κ1) is 40.9. The van der Waals surface area contributed by atoms with Crippen molar-refractivity contribution in [2.45, 2.75) is 134 Å². The largest absolute Gasteiger partial charge is 0.437 e. The number of aliphatic hydroxyl groups excluding tert-OH is 3. The second-order valence-electron chi connectivity index (χ2n) is 16.7. The number of allylic oxidation sites excluding steroid dienone is 1. The monoisotopic (exact) mass is 775 g/mol. The highest BCUT2D eigenvalue weighted by Gasteiger charge is 2.51. The van der Waals surface area contributed by atoms with E-state index in [9.17, 15) is 20.1 Å². The normalized spacial score (nSPS) is 24.3. The molecule has 4 heterocycles. The third-order valence-electron chi connectivity index (χ3n) is 12.6. The quantitative estimate of drug-likeness (QED) is 0.0900. The van der Waals surface area contributed by atoms with Crippen LogP contribution in [0.25, 0.3) is 0 Å². The van der Waals surface area contributed by atoms with E-state index in [2.05, 4.69) is 37.0 Å². The van der Waals surface area contributed by atoms with Gasteiger partial charge in [-0.1, -0.05) is 94.4 Å². The topological polar surface area (TPSA) is 165 Å². The summed E-state index contributed by atoms with van der Waals surface area (Å²) in [5.74, 6) is 10.4. The van der Waals surface area contributed by atoms with Crippen molar-refractivity contribution in [2.24, 2.45) is 33.7 Å². The Kier molecular flexibility index (Phi) is 13.0. The number of carbonyl (C=O) groups is 1. The predicted octanol–water partition coefficient (Wildman–Crippen LogP) is 4.86. The van der Waals surface area contributed by atoms with Crippen LogP contribution in [-0.4, -0.2) is 51.8 Å². The number of hydrogen-bond acceptors (Lipinski definition) is 9. The van der Waals surface area contributed by atoms with Gasteiger partial charge in [-0.05, 0) is 78.5 Å². The average Bonchev–Trinajstić information content (AvgIpc) is 3.94. The molecule has 7 atom stereocenters. The highest BCUT2D eigenvalue weighted by atomic mass is 16.5. The lowest BCUT2D eigenvalue weighted by atomic mass is 9.73. The Morgan fingerprint density at radius 3 is 2.63 bits per heavy atom. The Hall–Kier alpha value is -4.26. The summed E-state index contributed by atoms with van der Waals surface area (Å²) >= 11 is 0. The van der Waals surface area contributed by atoms with E-state index in [-0.39, 0.29) is 18.6 Å². The van der Waals surface area contributed by atoms with Crippen molar-refractivity contribution in [3.8, 4) is 35.4 Å². The molecule has 10 heteroatoms. The van der Waals surface area contributed by atoms with Crippen molar-refractivity contribution < 1.29 is 34.5 Å². The summed E-state index contributed by atoms with van der Waals surface area (Å²) in [5.41, 5.74) is 18.0. The number of unbranched alkanes of at least 4 members (excludes halogenated alkanes) is 2. The highest BCUT2D eigenvalue weighted by molar-refractivity contribution is 6.08. The molecule has 2 aromatic carbocycles. The number of ketones is 1. The summed E-state index contributed by atoms with van der Waals surface area (Å²) in [5, 5.41) is 33.3. The van der Waals surface area contributed by atoms with Gasteiger partial charge in [0, 0.05) is 25.0 Å². The van der Waals surface area contributed by atoms with E-state index in [1.165, 1.54) is 0 Å². The molecule has 10 nitrogen and oxygen atoms in total. The number of aliphatic imine (C=N–C) groups is 1. The lowest BCUT2D eigenvalue weighted by Crippen LogP contribution is -3.13. The van der Waals surface area contributed by atoms with Gasteiger partial charge in [-0.2, -0.15) is 0 Å². The molecule has 1 fully saturated rings. The fourth-order valence-corrected chi connectivity index (χ4v) is 9.37. The van der Waals surface area contributed by atoms with Gasteiger partial charge in [-0.25, -0.2) is 0 Å². The van der Waals surface area contributed by atoms with E-state index in [4.69, 9.17) is 25.9 Å². The van der Waals surface area contributed by atoms with E-state index in [0.29, 0.717) is 49.3 Å². The number of benzene rings is 2. The standard InChI is InChI=1S/C47H58N4O6/c1-3-5-6-10-36(42(55)26-34(52)9-4-2)41(54)16-11-30-12-18-43-44(23-30)57-46-38(47(21-22-56-43)19-7-8-20-47)15-17-40(53)35-14-13-31(45(48)49)24-32(35)25-33-27-50-39-29-51(46)28-37(33)39/h12-14,18,23-24,27-28,34,36,38,40,42,45-46,52-53,55H,3-11,16,19-20,25-26,29,48-49H2,1-2H3/p+1/t34-,36-,38-,40+,42-,46-/m1/s1. The first-order valence-electron chi connectivity index (χ1n) is 21.1. The zero-order valence-electron chi connectivity index (χ0n) is 33.4. The number of rotatable bonds is 14. The van der Waals surface area contributed by atoms with Crippen LogP contribution in [0.15, 0.2) is 64.9 Å². The van der Waals surface area contributed by atoms with Gasteiger partial charge in [0.25, 0.3) is 6.23 Å². The summed E-state index contributed by atoms with van der Waals surface area (Å²) in [6, 6.07) is 11.5. The molecule has 0 aromatic heterocycles. The summed E-state index contributed by atoms with van der Waals surface area (Å²) in [6.07, 6.45) is 13.5. The van der Waals surface area contributed by atoms with Gasteiger partial charge >= 0.3 is 0 Å². The second-order valence-corrected chi connectivity index (χ2v) is 16.7. The number of aliphatic hydroxyl groups is 3. The minimum absolute atomic E-state index is 0.0123. The molecule has 4 aliphatic heterocycles. The first-order chi connectivity index (χ1) is 27.6. The predicted molar refractivity (Wildman–Crippen MR) is 220 cm³/mol. The molecule has 8 N–H and O–H groups in total. The molecule has 1 unspecified atom stereocenters. The van der Waals surface area contributed by atoms with Crippen molar-refractivity contribution in [3.05, 3.63) is 82.2 Å². The third-order valence-corrected chi connectivity index (χ3v) is 12.6. The van der Waals surface area contributed by atoms with Crippen LogP contribution in [0.4, 0.5) is 0 Å². The molecule has 0 saturated heterocycles. The van der Waals surface area contributed by atoms with Gasteiger partial charge < -0.3 is 36.3 Å². The Balaban J connectivity index is 1.21. The van der Waals surface area contributed by atoms with Gasteiger partial charge in [0.1, 0.15) is 42.4 Å². The second kappa shape index (κ2) is 18.1. The molecular formula is C47H59N4O6+. The molecule has 0 amide bonds. The van der Waals surface area contributed by atoms with Crippen molar-refractivity contribution in [1.82, 2.24) is 0 Å². The van der Waals surface area contributed by atoms with Crippen LogP contribution in [0.2, 0.25) is 0 Å². The smallest absolute Gasteiger partial charge is 0.252 e. The lowest BCUT2D eigenvalue weighted by molar-refractivity contribution is -0.888. The molecule has 1 spiro atoms. The maximum absolute atomic E-state index is 13.8. The summed E-state index contributed by atoms with van der Waals surface area (Å²) in [4.78, 5) is 19.7. The van der Waals surface area contributed by atoms with Gasteiger partial charge in [-0.15, -0.1) is 0 Å². The number of quaternary nitrogens is 1. The highest BCUT2D eigenvalue weighted by Crippen LogP contribution is 2.47. The van der Waals surface area contributed by atoms with Crippen LogP contribution in [0.3, 0.4) is 0 Å². The van der Waals surface area contributed by atoms with Crippen molar-refractivity contribution in [3.63, 3.8) is 0 Å². The summed E-state index contributed by atoms with van der Waals surface area (Å²) in [6.45, 7) is 4.73. The minimum Gasteiger partial charge on any atom is -0.437 e. The van der Waals surface area contributed by atoms with Crippen molar-refractivity contribution >= 4 is 11.5 Å². The number of nitrogens with zero attached hydrogens (tertiary/aromatic N) is 1. The van der Waals surface area contributed by atoms with Crippen LogP contribution in [0.5, 0.6) is 11.5 Å². The van der Waals surface area contributed by atoms with Gasteiger partial charge in [0.2, 0.25) is 0 Å². The van der Waals surface area contributed by atoms with Crippen molar-refractivity contribution in [1.29, 1.82) is 0 Å². The van der Waals surface area contributed by atoms with E-state index in [0.717, 1.165) is 89.8 Å². The number of nitrogens with one attached hydrogen (secondary N) is 1. The maximum atomic E-state index is 13.8. The molecule has 0 radical (unpaired) electrons. The fraction of sp³-hybridized carbons (Fsp3) is 0.532. The minimum atomic E-state index is -1.06. The summed E-state index contributed by atoms with van der Waals surface area (Å²) in [7, 11) is 0. The Labute approximate surface area is 337 Å². The molecule has 1 aliphatic carbocycles. The van der Waals surface area contributed by atoms with Crippen LogP contribution in [-0.2, 0) is 17.6 Å². The van der Waals surface area contributed by atoms with Gasteiger partial charge in [0.05, 0.1) is 29.4 Å². The zero-order valence-corrected chi connectivity index (χ0v) is 33.4. The molecule has 2 aromatic rings. The number of nitrogens with two attached hydrogens (primary N) is 2. The van der Waals surface area contributed by atoms with E-state index in [1.54, 1.807) is 0 Å². The average molecular weight is 776 g/mol. The molecule has 5 aliphatic rings. The number of ether oxygens (including phenoxy) is 2. The fourth-order valence-electron chi connectivity index (χ4n) is 9.37. The van der Waals surface area contributed by atoms with Crippen LogP contribution < -0.4 is 25.8 Å². The molecule has 2 bridgehead atoms. The molecule has 57 heavy (non-hydrogen) atoms. The van der Waals surface area contributed by atoms with E-state index in [1.807, 2.05) is 49.5 Å². The molecule has 1 saturated carbocycles. The van der Waals surface area contributed by atoms with Crippen molar-refractivity contribution in [2.75, 3.05) is 6.54 Å². The lowest BCUT2D eigenvalue weighted by Gasteiger charge is -2.36. The number of Topliss-reactive ketones (excluding diaryl/α,β-unsaturated/α-hetero) is 1. The van der Waals surface area contributed by atoms with Crippen LogP contribution >= 0.6 is 0 Å². The zero-order chi connectivity index (χ0) is 40.1.